The van der Waals surface area contributed by atoms with E-state index in [1.54, 1.807) is 4.90 Å². The molecule has 130 valence electrons. The average Bonchev–Trinajstić information content (AvgIpc) is 2.94. The molecular formula is C21H24N2O2. The van der Waals surface area contributed by atoms with Crippen molar-refractivity contribution in [2.45, 2.75) is 26.7 Å². The van der Waals surface area contributed by atoms with Gasteiger partial charge in [0.05, 0.1) is 5.92 Å². The lowest BCUT2D eigenvalue weighted by Crippen LogP contribution is -2.30. The lowest BCUT2D eigenvalue weighted by Gasteiger charge is -2.16. The van der Waals surface area contributed by atoms with Crippen LogP contribution in [-0.2, 0) is 16.0 Å². The van der Waals surface area contributed by atoms with Gasteiger partial charge in [-0.3, -0.25) is 9.59 Å². The number of nitrogens with zero attached hydrogens (tertiary/aromatic N) is 1. The van der Waals surface area contributed by atoms with Crippen molar-refractivity contribution in [2.24, 2.45) is 5.92 Å². The van der Waals surface area contributed by atoms with Crippen LogP contribution < -0.4 is 5.32 Å². The van der Waals surface area contributed by atoms with Crippen LogP contribution in [-0.4, -0.2) is 29.8 Å². The SMILES string of the molecule is Cc1cc(C)cc(NC(=O)C2CC(=O)N(CCc3ccccc3)C2)c1. The molecule has 3 rings (SSSR count). The molecule has 4 heteroatoms. The monoisotopic (exact) mass is 336 g/mol. The van der Waals surface area contributed by atoms with E-state index < -0.39 is 0 Å². The highest BCUT2D eigenvalue weighted by Crippen LogP contribution is 2.21. The van der Waals surface area contributed by atoms with Crippen LogP contribution in [0, 0.1) is 19.8 Å². The molecule has 4 nitrogen and oxygen atoms in total. The Morgan fingerprint density at radius 1 is 1.12 bits per heavy atom. The van der Waals surface area contributed by atoms with Crippen molar-refractivity contribution in [1.29, 1.82) is 0 Å². The van der Waals surface area contributed by atoms with E-state index in [0.29, 0.717) is 19.5 Å². The highest BCUT2D eigenvalue weighted by molar-refractivity contribution is 5.97. The minimum Gasteiger partial charge on any atom is -0.342 e. The summed E-state index contributed by atoms with van der Waals surface area (Å²) >= 11 is 0. The summed E-state index contributed by atoms with van der Waals surface area (Å²) in [5, 5.41) is 2.96. The van der Waals surface area contributed by atoms with E-state index in [1.807, 2.05) is 44.2 Å². The summed E-state index contributed by atoms with van der Waals surface area (Å²) in [6, 6.07) is 16.1. The fourth-order valence-electron chi connectivity index (χ4n) is 3.36. The average molecular weight is 336 g/mol. The van der Waals surface area contributed by atoms with Crippen molar-refractivity contribution in [1.82, 2.24) is 4.90 Å². The maximum atomic E-state index is 12.5. The molecule has 1 atom stereocenters. The van der Waals surface area contributed by atoms with Crippen LogP contribution in [0.1, 0.15) is 23.1 Å². The topological polar surface area (TPSA) is 49.4 Å². The Labute approximate surface area is 148 Å². The van der Waals surface area contributed by atoms with Crippen molar-refractivity contribution in [3.8, 4) is 0 Å². The smallest absolute Gasteiger partial charge is 0.229 e. The van der Waals surface area contributed by atoms with Crippen LogP contribution in [0.3, 0.4) is 0 Å². The summed E-state index contributed by atoms with van der Waals surface area (Å²) in [7, 11) is 0. The quantitative estimate of drug-likeness (QED) is 0.910. The fraction of sp³-hybridized carbons (Fsp3) is 0.333. The van der Waals surface area contributed by atoms with Crippen LogP contribution in [0.2, 0.25) is 0 Å². The Balaban J connectivity index is 1.57. The van der Waals surface area contributed by atoms with Crippen LogP contribution in [0.25, 0.3) is 0 Å². The molecule has 1 N–H and O–H groups in total. The number of rotatable bonds is 5. The molecule has 2 aromatic carbocycles. The maximum Gasteiger partial charge on any atom is 0.229 e. The number of amides is 2. The fourth-order valence-corrected chi connectivity index (χ4v) is 3.36. The standard InChI is InChI=1S/C21H24N2O2/c1-15-10-16(2)12-19(11-15)22-21(25)18-13-20(24)23(14-18)9-8-17-6-4-3-5-7-17/h3-7,10-12,18H,8-9,13-14H2,1-2H3,(H,22,25). The van der Waals surface area contributed by atoms with E-state index in [4.69, 9.17) is 0 Å². The minimum absolute atomic E-state index is 0.0662. The number of nitrogens with one attached hydrogen (secondary N) is 1. The number of likely N-dealkylation sites (tertiary alicyclic amines) is 1. The van der Waals surface area contributed by atoms with Gasteiger partial charge in [-0.2, -0.15) is 0 Å². The normalized spacial score (nSPS) is 17.0. The molecule has 1 saturated heterocycles. The van der Waals surface area contributed by atoms with Crippen molar-refractivity contribution in [3.05, 3.63) is 65.2 Å². The van der Waals surface area contributed by atoms with Gasteiger partial charge < -0.3 is 10.2 Å². The lowest BCUT2D eigenvalue weighted by atomic mass is 10.1. The predicted octanol–water partition coefficient (Wildman–Crippen LogP) is 3.33. The zero-order valence-electron chi connectivity index (χ0n) is 14.8. The third kappa shape index (κ3) is 4.47. The molecule has 0 bridgehead atoms. The first kappa shape index (κ1) is 17.2. The van der Waals surface area contributed by atoms with Crippen molar-refractivity contribution >= 4 is 17.5 Å². The van der Waals surface area contributed by atoms with Crippen molar-refractivity contribution in [2.75, 3.05) is 18.4 Å². The van der Waals surface area contributed by atoms with Gasteiger partial charge in [0.1, 0.15) is 0 Å². The predicted molar refractivity (Wildman–Crippen MR) is 99.4 cm³/mol. The maximum absolute atomic E-state index is 12.5. The van der Waals surface area contributed by atoms with Crippen molar-refractivity contribution in [3.63, 3.8) is 0 Å². The Morgan fingerprint density at radius 3 is 2.48 bits per heavy atom. The van der Waals surface area contributed by atoms with Crippen LogP contribution in [0.4, 0.5) is 5.69 Å². The number of benzene rings is 2. The van der Waals surface area contributed by atoms with Crippen LogP contribution >= 0.6 is 0 Å². The number of hydrogen-bond acceptors (Lipinski definition) is 2. The summed E-state index contributed by atoms with van der Waals surface area (Å²) in [5.41, 5.74) is 4.24. The van der Waals surface area contributed by atoms with E-state index in [9.17, 15) is 9.59 Å². The van der Waals surface area contributed by atoms with Gasteiger partial charge in [0.25, 0.3) is 0 Å². The third-order valence-electron chi connectivity index (χ3n) is 4.59. The lowest BCUT2D eigenvalue weighted by molar-refractivity contribution is -0.128. The van der Waals surface area contributed by atoms with E-state index in [1.165, 1.54) is 5.56 Å². The summed E-state index contributed by atoms with van der Waals surface area (Å²) in [5.74, 6) is -0.277. The van der Waals surface area contributed by atoms with Gasteiger partial charge in [-0.25, -0.2) is 0 Å². The second-order valence-corrected chi connectivity index (χ2v) is 6.84. The van der Waals surface area contributed by atoms with Gasteiger partial charge in [-0.1, -0.05) is 36.4 Å². The molecule has 1 unspecified atom stereocenters. The molecule has 0 aliphatic carbocycles. The van der Waals surface area contributed by atoms with Gasteiger partial charge in [0, 0.05) is 25.2 Å². The second-order valence-electron chi connectivity index (χ2n) is 6.84. The first-order valence-corrected chi connectivity index (χ1v) is 8.72. The molecule has 2 aromatic rings. The zero-order chi connectivity index (χ0) is 17.8. The molecule has 0 saturated carbocycles. The molecule has 0 aromatic heterocycles. The number of anilines is 1. The highest BCUT2D eigenvalue weighted by atomic mass is 16.2. The molecule has 0 radical (unpaired) electrons. The first-order chi connectivity index (χ1) is 12.0. The van der Waals surface area contributed by atoms with Gasteiger partial charge >= 0.3 is 0 Å². The van der Waals surface area contributed by atoms with Gasteiger partial charge in [-0.15, -0.1) is 0 Å². The summed E-state index contributed by atoms with van der Waals surface area (Å²) in [4.78, 5) is 26.5. The number of carbonyl (C=O) groups excluding carboxylic acids is 2. The zero-order valence-corrected chi connectivity index (χ0v) is 14.8. The van der Waals surface area contributed by atoms with E-state index in [2.05, 4.69) is 23.5 Å². The third-order valence-corrected chi connectivity index (χ3v) is 4.59. The molecule has 0 spiro atoms. The summed E-state index contributed by atoms with van der Waals surface area (Å²) in [6.07, 6.45) is 1.11. The van der Waals surface area contributed by atoms with Gasteiger partial charge in [0.15, 0.2) is 0 Å². The number of carbonyl (C=O) groups is 2. The Kier molecular flexibility index (Phi) is 5.17. The molecular weight excluding hydrogens is 312 g/mol. The molecule has 1 heterocycles. The summed E-state index contributed by atoms with van der Waals surface area (Å²) in [6.45, 7) is 5.18. The molecule has 1 aliphatic rings. The molecule has 25 heavy (non-hydrogen) atoms. The number of aryl methyl sites for hydroxylation is 2. The van der Waals surface area contributed by atoms with Crippen LogP contribution in [0.5, 0.6) is 0 Å². The van der Waals surface area contributed by atoms with E-state index in [0.717, 1.165) is 23.2 Å². The Bertz CT molecular complexity index is 750. The second kappa shape index (κ2) is 7.51. The van der Waals surface area contributed by atoms with Crippen molar-refractivity contribution < 1.29 is 9.59 Å². The summed E-state index contributed by atoms with van der Waals surface area (Å²) < 4.78 is 0. The van der Waals surface area contributed by atoms with E-state index in [-0.39, 0.29) is 17.7 Å². The number of hydrogen-bond donors (Lipinski definition) is 1. The largest absolute Gasteiger partial charge is 0.342 e. The minimum atomic E-state index is -0.274. The molecule has 1 aliphatic heterocycles. The van der Waals surface area contributed by atoms with E-state index >= 15 is 0 Å². The molecule has 1 fully saturated rings. The Hall–Kier alpha value is -2.62. The molecule has 2 amide bonds. The highest BCUT2D eigenvalue weighted by Gasteiger charge is 2.34. The van der Waals surface area contributed by atoms with Gasteiger partial charge in [0.2, 0.25) is 11.8 Å². The van der Waals surface area contributed by atoms with Gasteiger partial charge in [-0.05, 0) is 49.1 Å². The van der Waals surface area contributed by atoms with Crippen LogP contribution in [0.15, 0.2) is 48.5 Å². The first-order valence-electron chi connectivity index (χ1n) is 8.72. The Morgan fingerprint density at radius 2 is 1.80 bits per heavy atom.